The largest absolute Gasteiger partial charge is 0.391 e. The smallest absolute Gasteiger partial charge is 0.144 e. The number of H-pyrrole nitrogens is 1. The van der Waals surface area contributed by atoms with E-state index in [-0.39, 0.29) is 23.5 Å². The van der Waals surface area contributed by atoms with E-state index in [0.717, 1.165) is 57.4 Å². The van der Waals surface area contributed by atoms with Crippen LogP contribution in [0.3, 0.4) is 0 Å². The molecule has 4 saturated carbocycles. The highest BCUT2D eigenvalue weighted by Crippen LogP contribution is 2.67. The number of nitrogens with one attached hydrogen (secondary N) is 1. The summed E-state index contributed by atoms with van der Waals surface area (Å²) in [6.45, 7) is 8.48. The van der Waals surface area contributed by atoms with Crippen molar-refractivity contribution in [2.75, 3.05) is 26.3 Å². The van der Waals surface area contributed by atoms with Crippen LogP contribution in [0.5, 0.6) is 0 Å². The second-order valence-electron chi connectivity index (χ2n) is 12.6. The van der Waals surface area contributed by atoms with Gasteiger partial charge in [0, 0.05) is 25.0 Å². The average molecular weight is 471 g/mol. The lowest BCUT2D eigenvalue weighted by atomic mass is 9.44. The standard InChI is InChI=1S/C27H42N4O3/c1-26-8-7-20-18(19(26)5-6-21(26)23(32)14-25-28-16-29-30-25)4-3-17-13-24(33)22(15-27(17,20)2)31-9-11-34-12-10-31/h16-22,24,33H,3-15H2,1-2H3,(H,28,29,30)/t17?,18-,19-,20-,21+,22?,24?,26-,27-/m0/s1. The molecule has 7 nitrogen and oxygen atoms in total. The number of aromatic amines is 1. The molecule has 4 aliphatic carbocycles. The van der Waals surface area contributed by atoms with Gasteiger partial charge in [0.1, 0.15) is 17.9 Å². The van der Waals surface area contributed by atoms with E-state index in [0.29, 0.717) is 35.3 Å². The molecular formula is C27H42N4O3. The number of rotatable bonds is 4. The normalized spacial score (nSPS) is 47.0. The molecule has 1 aliphatic heterocycles. The van der Waals surface area contributed by atoms with Gasteiger partial charge in [-0.25, -0.2) is 4.98 Å². The Balaban J connectivity index is 1.21. The fourth-order valence-corrected chi connectivity index (χ4v) is 9.69. The number of hydrogen-bond donors (Lipinski definition) is 2. The van der Waals surface area contributed by atoms with Gasteiger partial charge in [0.25, 0.3) is 0 Å². The Kier molecular flexibility index (Phi) is 5.89. The van der Waals surface area contributed by atoms with Crippen molar-refractivity contribution in [3.63, 3.8) is 0 Å². The number of ether oxygens (including phenoxy) is 1. The Morgan fingerprint density at radius 1 is 1.15 bits per heavy atom. The van der Waals surface area contributed by atoms with Crippen molar-refractivity contribution >= 4 is 5.78 Å². The number of fused-ring (bicyclic) bond motifs is 5. The van der Waals surface area contributed by atoms with Gasteiger partial charge in [-0.15, -0.1) is 0 Å². The molecule has 3 unspecified atom stereocenters. The second kappa shape index (κ2) is 8.67. The van der Waals surface area contributed by atoms with Crippen LogP contribution in [0.2, 0.25) is 0 Å². The molecule has 188 valence electrons. The minimum Gasteiger partial charge on any atom is -0.391 e. The molecule has 1 aromatic rings. The van der Waals surface area contributed by atoms with Gasteiger partial charge in [-0.05, 0) is 85.9 Å². The zero-order chi connectivity index (χ0) is 23.5. The van der Waals surface area contributed by atoms with Crippen LogP contribution >= 0.6 is 0 Å². The summed E-state index contributed by atoms with van der Waals surface area (Å²) < 4.78 is 5.60. The summed E-state index contributed by atoms with van der Waals surface area (Å²) in [5.41, 5.74) is 0.424. The molecule has 5 aliphatic rings. The van der Waals surface area contributed by atoms with Crippen LogP contribution in [0.25, 0.3) is 0 Å². The van der Waals surface area contributed by atoms with Gasteiger partial charge in [0.05, 0.1) is 25.7 Å². The SMILES string of the molecule is C[C@]12CC[C@H]3[C@@H](CCC4CC(O)C(N5CCOCC5)C[C@@]43C)[C@@H]1CC[C@@H]2C(=O)Cc1ncn[nH]1. The third kappa shape index (κ3) is 3.60. The zero-order valence-electron chi connectivity index (χ0n) is 20.9. The highest BCUT2D eigenvalue weighted by atomic mass is 16.5. The molecular weight excluding hydrogens is 428 g/mol. The Labute approximate surface area is 203 Å². The molecule has 2 heterocycles. The maximum absolute atomic E-state index is 13.3. The molecule has 0 bridgehead atoms. The van der Waals surface area contributed by atoms with E-state index < -0.39 is 0 Å². The number of carbonyl (C=O) groups excluding carboxylic acids is 1. The lowest BCUT2D eigenvalue weighted by Crippen LogP contribution is -2.60. The Morgan fingerprint density at radius 2 is 1.94 bits per heavy atom. The van der Waals surface area contributed by atoms with Crippen molar-refractivity contribution in [3.8, 4) is 0 Å². The molecule has 0 spiro atoms. The number of nitrogens with zero attached hydrogens (tertiary/aromatic N) is 3. The Bertz CT molecular complexity index is 886. The molecule has 7 heteroatoms. The summed E-state index contributed by atoms with van der Waals surface area (Å²) in [5.74, 6) is 3.95. The highest BCUT2D eigenvalue weighted by molar-refractivity contribution is 5.83. The number of aliphatic hydroxyl groups excluding tert-OH is 1. The van der Waals surface area contributed by atoms with Crippen molar-refractivity contribution in [2.45, 2.75) is 83.8 Å². The number of hydrogen-bond acceptors (Lipinski definition) is 6. The molecule has 0 radical (unpaired) electrons. The van der Waals surface area contributed by atoms with Gasteiger partial charge in [-0.3, -0.25) is 14.8 Å². The Morgan fingerprint density at radius 3 is 2.71 bits per heavy atom. The minimum atomic E-state index is -0.203. The zero-order valence-corrected chi connectivity index (χ0v) is 20.9. The van der Waals surface area contributed by atoms with Gasteiger partial charge in [-0.1, -0.05) is 13.8 Å². The van der Waals surface area contributed by atoms with E-state index in [2.05, 4.69) is 33.9 Å². The monoisotopic (exact) mass is 470 g/mol. The van der Waals surface area contributed by atoms with E-state index >= 15 is 0 Å². The van der Waals surface area contributed by atoms with Crippen LogP contribution < -0.4 is 0 Å². The molecule has 1 aromatic heterocycles. The summed E-state index contributed by atoms with van der Waals surface area (Å²) in [6.07, 6.45) is 10.9. The quantitative estimate of drug-likeness (QED) is 0.702. The maximum Gasteiger partial charge on any atom is 0.144 e. The first kappa shape index (κ1) is 23.1. The van der Waals surface area contributed by atoms with Crippen LogP contribution in [0.1, 0.15) is 71.0 Å². The van der Waals surface area contributed by atoms with Crippen molar-refractivity contribution in [1.82, 2.24) is 20.1 Å². The van der Waals surface area contributed by atoms with Gasteiger partial charge in [0.15, 0.2) is 0 Å². The second-order valence-corrected chi connectivity index (χ2v) is 12.6. The summed E-state index contributed by atoms with van der Waals surface area (Å²) in [5, 5.41) is 17.9. The van der Waals surface area contributed by atoms with Crippen LogP contribution in [0, 0.1) is 40.4 Å². The average Bonchev–Trinajstić information content (AvgIpc) is 3.46. The lowest BCUT2D eigenvalue weighted by molar-refractivity contribution is -0.156. The number of carbonyl (C=O) groups is 1. The molecule has 5 fully saturated rings. The Hall–Kier alpha value is -1.31. The first-order valence-corrected chi connectivity index (χ1v) is 13.8. The van der Waals surface area contributed by atoms with Crippen LogP contribution in [-0.4, -0.2) is 69.4 Å². The fourth-order valence-electron chi connectivity index (χ4n) is 9.69. The first-order valence-electron chi connectivity index (χ1n) is 13.8. The predicted molar refractivity (Wildman–Crippen MR) is 128 cm³/mol. The number of morpholine rings is 1. The van der Waals surface area contributed by atoms with Crippen molar-refractivity contribution < 1.29 is 14.6 Å². The van der Waals surface area contributed by atoms with Gasteiger partial charge < -0.3 is 9.84 Å². The van der Waals surface area contributed by atoms with E-state index in [4.69, 9.17) is 4.74 Å². The van der Waals surface area contributed by atoms with E-state index in [1.807, 2.05) is 0 Å². The topological polar surface area (TPSA) is 91.3 Å². The number of ketones is 1. The highest BCUT2D eigenvalue weighted by Gasteiger charge is 2.62. The molecule has 6 rings (SSSR count). The van der Waals surface area contributed by atoms with Gasteiger partial charge in [0.2, 0.25) is 0 Å². The molecule has 0 amide bonds. The molecule has 9 atom stereocenters. The summed E-state index contributed by atoms with van der Waals surface area (Å²) in [4.78, 5) is 20.1. The van der Waals surface area contributed by atoms with Gasteiger partial charge >= 0.3 is 0 Å². The van der Waals surface area contributed by atoms with Crippen LogP contribution in [0.15, 0.2) is 6.33 Å². The van der Waals surface area contributed by atoms with Crippen molar-refractivity contribution in [3.05, 3.63) is 12.2 Å². The third-order valence-corrected chi connectivity index (χ3v) is 11.4. The van der Waals surface area contributed by atoms with Crippen LogP contribution in [-0.2, 0) is 16.0 Å². The van der Waals surface area contributed by atoms with Gasteiger partial charge in [-0.2, -0.15) is 5.10 Å². The minimum absolute atomic E-state index is 0.124. The van der Waals surface area contributed by atoms with E-state index in [1.165, 1.54) is 38.4 Å². The lowest BCUT2D eigenvalue weighted by Gasteiger charge is -2.62. The van der Waals surface area contributed by atoms with Crippen molar-refractivity contribution in [1.29, 1.82) is 0 Å². The summed E-state index contributed by atoms with van der Waals surface area (Å²) >= 11 is 0. The van der Waals surface area contributed by atoms with E-state index in [9.17, 15) is 9.90 Å². The molecule has 1 saturated heterocycles. The number of Topliss-reactive ketones (excluding diaryl/α,β-unsaturated/α-hetero) is 1. The molecule has 0 aromatic carbocycles. The molecule has 34 heavy (non-hydrogen) atoms. The first-order chi connectivity index (χ1) is 16.4. The molecule has 2 N–H and O–H groups in total. The predicted octanol–water partition coefficient (Wildman–Crippen LogP) is 3.25. The fraction of sp³-hybridized carbons (Fsp3) is 0.889. The number of aliphatic hydroxyl groups is 1. The summed E-state index contributed by atoms with van der Waals surface area (Å²) in [6, 6.07) is 0.275. The summed E-state index contributed by atoms with van der Waals surface area (Å²) in [7, 11) is 0. The van der Waals surface area contributed by atoms with Crippen molar-refractivity contribution in [2.24, 2.45) is 40.4 Å². The third-order valence-electron chi connectivity index (χ3n) is 11.4. The number of aromatic nitrogens is 3. The maximum atomic E-state index is 13.3. The van der Waals surface area contributed by atoms with E-state index in [1.54, 1.807) is 0 Å². The van der Waals surface area contributed by atoms with Crippen LogP contribution in [0.4, 0.5) is 0 Å².